The summed E-state index contributed by atoms with van der Waals surface area (Å²) in [7, 11) is 0. The zero-order valence-electron chi connectivity index (χ0n) is 11.6. The van der Waals surface area contributed by atoms with Crippen LogP contribution in [0.25, 0.3) is 0 Å². The summed E-state index contributed by atoms with van der Waals surface area (Å²) in [6.45, 7) is 3.44. The Kier molecular flexibility index (Phi) is 3.17. The predicted octanol–water partition coefficient (Wildman–Crippen LogP) is 1.52. The van der Waals surface area contributed by atoms with Crippen molar-refractivity contribution in [2.75, 3.05) is 26.3 Å². The van der Waals surface area contributed by atoms with Crippen molar-refractivity contribution in [1.82, 2.24) is 4.90 Å². The fraction of sp³-hybridized carbons (Fsp3) is 0.625. The number of hydrogen-bond donors (Lipinski definition) is 1. The normalized spacial score (nSPS) is 30.6. The molecule has 0 aromatic heterocycles. The van der Waals surface area contributed by atoms with Gasteiger partial charge in [-0.05, 0) is 24.9 Å². The third kappa shape index (κ3) is 2.03. The lowest BCUT2D eigenvalue weighted by molar-refractivity contribution is -0.104. The maximum atomic E-state index is 10.7. The Labute approximate surface area is 119 Å². The van der Waals surface area contributed by atoms with Gasteiger partial charge in [-0.2, -0.15) is 0 Å². The molecule has 3 heterocycles. The molecule has 0 spiro atoms. The maximum absolute atomic E-state index is 10.7. The summed E-state index contributed by atoms with van der Waals surface area (Å²) in [4.78, 5) is 2.46. The molecule has 2 fully saturated rings. The minimum absolute atomic E-state index is 0.139. The fourth-order valence-electron chi connectivity index (χ4n) is 3.71. The van der Waals surface area contributed by atoms with E-state index in [9.17, 15) is 5.11 Å². The second-order valence-corrected chi connectivity index (χ2v) is 6.04. The number of nitrogens with zero attached hydrogens (tertiary/aromatic N) is 1. The van der Waals surface area contributed by atoms with Gasteiger partial charge in [0.15, 0.2) is 0 Å². The number of hydrogen-bond acceptors (Lipinski definition) is 4. The minimum Gasteiger partial charge on any atom is -0.493 e. The van der Waals surface area contributed by atoms with Gasteiger partial charge in [-0.1, -0.05) is 18.2 Å². The zero-order chi connectivity index (χ0) is 13.5. The van der Waals surface area contributed by atoms with Crippen LogP contribution in [0.2, 0.25) is 0 Å². The first-order valence-electron chi connectivity index (χ1n) is 7.61. The summed E-state index contributed by atoms with van der Waals surface area (Å²) in [5.41, 5.74) is 2.10. The van der Waals surface area contributed by atoms with Crippen LogP contribution in [-0.2, 0) is 11.2 Å². The van der Waals surface area contributed by atoms with E-state index in [1.54, 1.807) is 0 Å². The molecule has 3 atom stereocenters. The van der Waals surface area contributed by atoms with Gasteiger partial charge in [0.05, 0.1) is 13.2 Å². The summed E-state index contributed by atoms with van der Waals surface area (Å²) in [5.74, 6) is 0.882. The van der Waals surface area contributed by atoms with E-state index in [1.807, 2.05) is 12.1 Å². The summed E-state index contributed by atoms with van der Waals surface area (Å²) >= 11 is 0. The van der Waals surface area contributed by atoms with E-state index in [0.717, 1.165) is 44.0 Å². The molecule has 108 valence electrons. The Bertz CT molecular complexity index is 504. The van der Waals surface area contributed by atoms with E-state index in [2.05, 4.69) is 11.0 Å². The van der Waals surface area contributed by atoms with Gasteiger partial charge in [0.1, 0.15) is 18.0 Å². The molecule has 1 N–H and O–H groups in total. The van der Waals surface area contributed by atoms with Crippen LogP contribution in [0.5, 0.6) is 5.75 Å². The highest BCUT2D eigenvalue weighted by atomic mass is 16.5. The van der Waals surface area contributed by atoms with Crippen molar-refractivity contribution in [2.24, 2.45) is 0 Å². The van der Waals surface area contributed by atoms with E-state index >= 15 is 0 Å². The van der Waals surface area contributed by atoms with Crippen LogP contribution < -0.4 is 4.74 Å². The van der Waals surface area contributed by atoms with E-state index in [1.165, 1.54) is 18.4 Å². The number of para-hydroxylation sites is 1. The molecule has 4 nitrogen and oxygen atoms in total. The van der Waals surface area contributed by atoms with Crippen molar-refractivity contribution in [3.8, 4) is 5.75 Å². The van der Waals surface area contributed by atoms with E-state index in [0.29, 0.717) is 6.04 Å². The molecule has 0 bridgehead atoms. The second-order valence-electron chi connectivity index (χ2n) is 6.04. The predicted molar refractivity (Wildman–Crippen MR) is 74.9 cm³/mol. The van der Waals surface area contributed by atoms with Gasteiger partial charge in [0.25, 0.3) is 0 Å². The Hall–Kier alpha value is -1.10. The number of benzene rings is 1. The summed E-state index contributed by atoms with van der Waals surface area (Å²) in [6.07, 6.45) is 2.69. The van der Waals surface area contributed by atoms with Crippen molar-refractivity contribution in [3.63, 3.8) is 0 Å². The summed E-state index contributed by atoms with van der Waals surface area (Å²) in [5, 5.41) is 10.7. The minimum atomic E-state index is -0.593. The topological polar surface area (TPSA) is 41.9 Å². The van der Waals surface area contributed by atoms with E-state index < -0.39 is 6.10 Å². The highest BCUT2D eigenvalue weighted by molar-refractivity contribution is 5.45. The summed E-state index contributed by atoms with van der Waals surface area (Å²) < 4.78 is 11.6. The number of aliphatic hydroxyl groups is 1. The zero-order valence-corrected chi connectivity index (χ0v) is 11.6. The lowest BCUT2D eigenvalue weighted by atomic mass is 9.98. The van der Waals surface area contributed by atoms with Crippen molar-refractivity contribution in [1.29, 1.82) is 0 Å². The molecule has 4 heteroatoms. The molecular formula is C16H21NO3. The van der Waals surface area contributed by atoms with Crippen LogP contribution >= 0.6 is 0 Å². The van der Waals surface area contributed by atoms with Gasteiger partial charge in [0.2, 0.25) is 0 Å². The quantitative estimate of drug-likeness (QED) is 0.888. The first kappa shape index (κ1) is 12.6. The number of ether oxygens (including phenoxy) is 2. The van der Waals surface area contributed by atoms with Crippen LogP contribution in [0.3, 0.4) is 0 Å². The average molecular weight is 275 g/mol. The van der Waals surface area contributed by atoms with Crippen LogP contribution in [0.15, 0.2) is 18.2 Å². The Morgan fingerprint density at radius 2 is 2.30 bits per heavy atom. The van der Waals surface area contributed by atoms with E-state index in [4.69, 9.17) is 9.47 Å². The maximum Gasteiger partial charge on any atom is 0.128 e. The molecule has 1 aromatic carbocycles. The number of aliphatic hydroxyl groups excluding tert-OH is 1. The third-order valence-corrected chi connectivity index (χ3v) is 4.83. The van der Waals surface area contributed by atoms with Crippen molar-refractivity contribution in [3.05, 3.63) is 29.3 Å². The lowest BCUT2D eigenvalue weighted by Gasteiger charge is -2.37. The number of rotatable bonds is 2. The number of fused-ring (bicyclic) bond motifs is 2. The van der Waals surface area contributed by atoms with Gasteiger partial charge in [-0.25, -0.2) is 0 Å². The third-order valence-electron chi connectivity index (χ3n) is 4.83. The van der Waals surface area contributed by atoms with Gasteiger partial charge in [-0.15, -0.1) is 0 Å². The molecule has 1 aromatic rings. The molecule has 0 radical (unpaired) electrons. The first-order chi connectivity index (χ1) is 9.83. The van der Waals surface area contributed by atoms with Crippen molar-refractivity contribution < 1.29 is 14.6 Å². The average Bonchev–Trinajstić information content (AvgIpc) is 3.13. The molecule has 3 aliphatic heterocycles. The van der Waals surface area contributed by atoms with Gasteiger partial charge < -0.3 is 14.6 Å². The molecule has 2 saturated heterocycles. The van der Waals surface area contributed by atoms with Crippen LogP contribution in [0, 0.1) is 0 Å². The molecule has 0 amide bonds. The molecule has 3 aliphatic rings. The largest absolute Gasteiger partial charge is 0.493 e. The van der Waals surface area contributed by atoms with Crippen LogP contribution in [0.4, 0.5) is 0 Å². The van der Waals surface area contributed by atoms with Gasteiger partial charge >= 0.3 is 0 Å². The molecule has 0 saturated carbocycles. The SMILES string of the molecule is OC(c1cccc2c1OCC2)C1CN2CCCC2CO1. The molecular weight excluding hydrogens is 254 g/mol. The number of morpholine rings is 1. The standard InChI is InChI=1S/C16H21NO3/c18-15(13-5-1-3-11-6-8-19-16(11)13)14-9-17-7-2-4-12(17)10-20-14/h1,3,5,12,14-15,18H,2,4,6-10H2. The monoisotopic (exact) mass is 275 g/mol. The fourth-order valence-corrected chi connectivity index (χ4v) is 3.71. The van der Waals surface area contributed by atoms with Gasteiger partial charge in [-0.3, -0.25) is 4.90 Å². The Morgan fingerprint density at radius 1 is 1.35 bits per heavy atom. The molecule has 0 aliphatic carbocycles. The highest BCUT2D eigenvalue weighted by Crippen LogP contribution is 2.37. The van der Waals surface area contributed by atoms with Crippen molar-refractivity contribution >= 4 is 0 Å². The van der Waals surface area contributed by atoms with E-state index in [-0.39, 0.29) is 6.10 Å². The second kappa shape index (κ2) is 5.02. The summed E-state index contributed by atoms with van der Waals surface area (Å²) in [6, 6.07) is 6.62. The van der Waals surface area contributed by atoms with Crippen LogP contribution in [-0.4, -0.2) is 48.5 Å². The molecule has 20 heavy (non-hydrogen) atoms. The molecule has 4 rings (SSSR count). The molecule has 3 unspecified atom stereocenters. The first-order valence-corrected chi connectivity index (χ1v) is 7.61. The van der Waals surface area contributed by atoms with Gasteiger partial charge in [0, 0.05) is 24.6 Å². The Morgan fingerprint density at radius 3 is 3.25 bits per heavy atom. The lowest BCUT2D eigenvalue weighted by Crippen LogP contribution is -2.48. The van der Waals surface area contributed by atoms with Crippen molar-refractivity contribution in [2.45, 2.75) is 37.5 Å². The smallest absolute Gasteiger partial charge is 0.128 e. The Balaban J connectivity index is 1.55. The van der Waals surface area contributed by atoms with Crippen LogP contribution in [0.1, 0.15) is 30.1 Å². The highest BCUT2D eigenvalue weighted by Gasteiger charge is 2.37.